The molecule has 3 fully saturated rings. The Hall–Kier alpha value is -2.94. The molecule has 2 saturated heterocycles. The van der Waals surface area contributed by atoms with Crippen LogP contribution in [0.1, 0.15) is 51.5 Å². The van der Waals surface area contributed by atoms with E-state index in [1.165, 1.54) is 18.9 Å². The van der Waals surface area contributed by atoms with Crippen LogP contribution in [0.5, 0.6) is 0 Å². The van der Waals surface area contributed by atoms with Crippen molar-refractivity contribution in [1.29, 1.82) is 0 Å². The van der Waals surface area contributed by atoms with Crippen molar-refractivity contribution in [3.05, 3.63) is 35.8 Å². The van der Waals surface area contributed by atoms with Crippen LogP contribution in [0.2, 0.25) is 0 Å². The first-order chi connectivity index (χ1) is 17.4. The lowest BCUT2D eigenvalue weighted by Gasteiger charge is -2.38. The summed E-state index contributed by atoms with van der Waals surface area (Å²) >= 11 is 0. The van der Waals surface area contributed by atoms with Gasteiger partial charge >= 0.3 is 0 Å². The van der Waals surface area contributed by atoms with Crippen molar-refractivity contribution in [3.63, 3.8) is 0 Å². The molecule has 2 N–H and O–H groups in total. The number of likely N-dealkylation sites (tertiary alicyclic amines) is 1. The van der Waals surface area contributed by atoms with E-state index in [1.807, 2.05) is 12.1 Å². The number of fused-ring (bicyclic) bond motifs is 1. The second-order valence-electron chi connectivity index (χ2n) is 11.0. The Bertz CT molecular complexity index is 1140. The molecule has 1 unspecified atom stereocenters. The molecule has 1 aliphatic carbocycles. The number of rotatable bonds is 5. The Kier molecular flexibility index (Phi) is 5.98. The fourth-order valence-corrected chi connectivity index (χ4v) is 6.39. The van der Waals surface area contributed by atoms with Crippen LogP contribution in [-0.4, -0.2) is 76.0 Å². The number of carbonyl (C=O) groups is 1. The third kappa shape index (κ3) is 4.17. The first kappa shape index (κ1) is 23.5. The number of aromatic nitrogens is 2. The van der Waals surface area contributed by atoms with Gasteiger partial charge in [-0.25, -0.2) is 9.37 Å². The number of benzene rings is 1. The maximum atomic E-state index is 15.0. The predicted molar refractivity (Wildman–Crippen MR) is 139 cm³/mol. The zero-order valence-corrected chi connectivity index (χ0v) is 21.3. The quantitative estimate of drug-likeness (QED) is 0.657. The molecule has 1 atom stereocenters. The van der Waals surface area contributed by atoms with Gasteiger partial charge < -0.3 is 20.4 Å². The summed E-state index contributed by atoms with van der Waals surface area (Å²) in [6, 6.07) is 6.12. The van der Waals surface area contributed by atoms with Crippen molar-refractivity contribution in [2.24, 2.45) is 0 Å². The van der Waals surface area contributed by atoms with Gasteiger partial charge in [0.1, 0.15) is 17.2 Å². The molecule has 1 aromatic heterocycles. The van der Waals surface area contributed by atoms with Crippen molar-refractivity contribution < 1.29 is 9.18 Å². The number of halogens is 1. The molecule has 0 bridgehead atoms. The minimum absolute atomic E-state index is 0.203. The highest BCUT2D eigenvalue weighted by Crippen LogP contribution is 2.41. The van der Waals surface area contributed by atoms with E-state index in [4.69, 9.17) is 0 Å². The summed E-state index contributed by atoms with van der Waals surface area (Å²) in [5.74, 6) is 1.05. The summed E-state index contributed by atoms with van der Waals surface area (Å²) in [6.07, 6.45) is 7.87. The van der Waals surface area contributed by atoms with Gasteiger partial charge in [-0.1, -0.05) is 12.8 Å². The summed E-state index contributed by atoms with van der Waals surface area (Å²) in [4.78, 5) is 29.1. The van der Waals surface area contributed by atoms with Gasteiger partial charge in [-0.15, -0.1) is 0 Å². The maximum Gasteiger partial charge on any atom is 0.248 e. The summed E-state index contributed by atoms with van der Waals surface area (Å²) in [6.45, 7) is 8.72. The van der Waals surface area contributed by atoms with Gasteiger partial charge in [0.25, 0.3) is 0 Å². The van der Waals surface area contributed by atoms with E-state index in [2.05, 4.69) is 49.1 Å². The molecule has 2 aromatic rings. The minimum Gasteiger partial charge on any atom is -0.367 e. The molecule has 3 aliphatic heterocycles. The number of anilines is 4. The van der Waals surface area contributed by atoms with Gasteiger partial charge in [0.15, 0.2) is 0 Å². The first-order valence-electron chi connectivity index (χ1n) is 13.4. The summed E-state index contributed by atoms with van der Waals surface area (Å²) in [7, 11) is 0. The molecule has 9 heteroatoms. The van der Waals surface area contributed by atoms with Crippen LogP contribution in [0.25, 0.3) is 0 Å². The summed E-state index contributed by atoms with van der Waals surface area (Å²) < 4.78 is 15.0. The van der Waals surface area contributed by atoms with Crippen molar-refractivity contribution in [2.75, 3.05) is 48.3 Å². The van der Waals surface area contributed by atoms with E-state index in [-0.39, 0.29) is 11.7 Å². The molecular formula is C27H36FN7O. The highest BCUT2D eigenvalue weighted by Gasteiger charge is 2.52. The van der Waals surface area contributed by atoms with Crippen LogP contribution in [0.3, 0.4) is 0 Å². The number of piperazine rings is 1. The lowest BCUT2D eigenvalue weighted by atomic mass is 9.94. The van der Waals surface area contributed by atoms with Crippen LogP contribution in [-0.2, 0) is 11.2 Å². The number of nitrogens with zero attached hydrogens (tertiary/aromatic N) is 5. The van der Waals surface area contributed by atoms with E-state index in [0.29, 0.717) is 41.6 Å². The molecule has 4 aliphatic rings. The van der Waals surface area contributed by atoms with E-state index < -0.39 is 5.54 Å². The molecule has 1 spiro atoms. The molecule has 6 rings (SSSR count). The van der Waals surface area contributed by atoms with Crippen LogP contribution < -0.4 is 15.5 Å². The van der Waals surface area contributed by atoms with Gasteiger partial charge in [-0.05, 0) is 51.3 Å². The lowest BCUT2D eigenvalue weighted by molar-refractivity contribution is -0.133. The van der Waals surface area contributed by atoms with E-state index in [1.54, 1.807) is 6.20 Å². The zero-order valence-electron chi connectivity index (χ0n) is 21.3. The second-order valence-corrected chi connectivity index (χ2v) is 11.0. The van der Waals surface area contributed by atoms with Crippen LogP contribution in [0, 0.1) is 5.82 Å². The Balaban J connectivity index is 1.12. The normalized spacial score (nSPS) is 24.7. The standard InChI is InChI=1S/C27H36FN7O/c1-18(2)33-11-13-34(14-12-33)23-8-7-20(15-22(23)28)30-26-29-17-19-16-27(32-24(19)31-26)9-10-35(25(27)36)21-5-3-4-6-21/h7-8,15,17-18,21H,3-6,9-14,16H2,1-2H3,(H2,29,30,31,32). The molecule has 1 aromatic carbocycles. The second kappa shape index (κ2) is 9.18. The number of carbonyl (C=O) groups excluding carboxylic acids is 1. The molecule has 192 valence electrons. The molecule has 0 radical (unpaired) electrons. The topological polar surface area (TPSA) is 76.6 Å². The summed E-state index contributed by atoms with van der Waals surface area (Å²) in [5.41, 5.74) is 1.61. The Labute approximate surface area is 212 Å². The largest absolute Gasteiger partial charge is 0.367 e. The van der Waals surface area contributed by atoms with Gasteiger partial charge in [0.05, 0.1) is 5.69 Å². The van der Waals surface area contributed by atoms with Crippen LogP contribution >= 0.6 is 0 Å². The Morgan fingerprint density at radius 1 is 1.14 bits per heavy atom. The number of hydrogen-bond acceptors (Lipinski definition) is 7. The van der Waals surface area contributed by atoms with Gasteiger partial charge in [-0.3, -0.25) is 9.69 Å². The highest BCUT2D eigenvalue weighted by atomic mass is 19.1. The molecule has 4 heterocycles. The molecule has 36 heavy (non-hydrogen) atoms. The smallest absolute Gasteiger partial charge is 0.248 e. The monoisotopic (exact) mass is 493 g/mol. The third-order valence-corrected chi connectivity index (χ3v) is 8.52. The average molecular weight is 494 g/mol. The molecule has 1 amide bonds. The van der Waals surface area contributed by atoms with E-state index >= 15 is 4.39 Å². The Morgan fingerprint density at radius 2 is 1.92 bits per heavy atom. The fourth-order valence-electron chi connectivity index (χ4n) is 6.39. The minimum atomic E-state index is -0.592. The molecular weight excluding hydrogens is 457 g/mol. The average Bonchev–Trinajstić information content (AvgIpc) is 3.59. The SMILES string of the molecule is CC(C)N1CCN(c2ccc(Nc3ncc4c(n3)NC3(CCN(C5CCCC5)C3=O)C4)cc2F)CC1. The first-order valence-corrected chi connectivity index (χ1v) is 13.4. The third-order valence-electron chi connectivity index (χ3n) is 8.52. The van der Waals surface area contributed by atoms with E-state index in [0.717, 1.165) is 57.5 Å². The van der Waals surface area contributed by atoms with Crippen molar-refractivity contribution in [3.8, 4) is 0 Å². The Morgan fingerprint density at radius 3 is 2.64 bits per heavy atom. The fraction of sp³-hybridized carbons (Fsp3) is 0.593. The van der Waals surface area contributed by atoms with Crippen LogP contribution in [0.4, 0.5) is 27.5 Å². The van der Waals surface area contributed by atoms with Crippen molar-refractivity contribution in [1.82, 2.24) is 19.8 Å². The van der Waals surface area contributed by atoms with Gasteiger partial charge in [0, 0.05) is 68.7 Å². The number of hydrogen-bond donors (Lipinski definition) is 2. The molecule has 1 saturated carbocycles. The highest BCUT2D eigenvalue weighted by molar-refractivity contribution is 5.94. The summed E-state index contributed by atoms with van der Waals surface area (Å²) in [5, 5.41) is 6.59. The maximum absolute atomic E-state index is 15.0. The van der Waals surface area contributed by atoms with Crippen LogP contribution in [0.15, 0.2) is 24.4 Å². The van der Waals surface area contributed by atoms with Gasteiger partial charge in [0.2, 0.25) is 11.9 Å². The molecule has 8 nitrogen and oxygen atoms in total. The zero-order chi connectivity index (χ0) is 24.9. The van der Waals surface area contributed by atoms with Gasteiger partial charge in [-0.2, -0.15) is 4.98 Å². The predicted octanol–water partition coefficient (Wildman–Crippen LogP) is 3.77. The van der Waals surface area contributed by atoms with Crippen molar-refractivity contribution in [2.45, 2.75) is 70.0 Å². The van der Waals surface area contributed by atoms with Crippen molar-refractivity contribution >= 4 is 29.0 Å². The van der Waals surface area contributed by atoms with E-state index in [9.17, 15) is 4.79 Å². The lowest BCUT2D eigenvalue weighted by Crippen LogP contribution is -2.49. The number of amides is 1. The number of nitrogens with one attached hydrogen (secondary N) is 2.